The number of carboxylic acids is 1. The summed E-state index contributed by atoms with van der Waals surface area (Å²) >= 11 is 0. The average molecular weight is 474 g/mol. The maximum absolute atomic E-state index is 12.9. The van der Waals surface area contributed by atoms with Gasteiger partial charge in [-0.1, -0.05) is 18.2 Å². The smallest absolute Gasteiger partial charge is 0.371 e. The van der Waals surface area contributed by atoms with Crippen molar-refractivity contribution in [2.24, 2.45) is 0 Å². The van der Waals surface area contributed by atoms with Crippen molar-refractivity contribution in [3.8, 4) is 39.7 Å². The van der Waals surface area contributed by atoms with E-state index < -0.39 is 5.97 Å². The molecule has 4 rings (SSSR count). The molecule has 0 amide bonds. The first-order chi connectivity index (χ1) is 16.9. The summed E-state index contributed by atoms with van der Waals surface area (Å²) < 4.78 is 21.5. The largest absolute Gasteiger partial charge is 0.493 e. The molecule has 35 heavy (non-hydrogen) atoms. The number of furan rings is 1. The molecule has 0 fully saturated rings. The van der Waals surface area contributed by atoms with Gasteiger partial charge in [0.15, 0.2) is 17.3 Å². The third kappa shape index (κ3) is 4.98. The number of nitrogens with zero attached hydrogens (tertiary/aromatic N) is 2. The van der Waals surface area contributed by atoms with E-state index in [0.29, 0.717) is 40.0 Å². The van der Waals surface area contributed by atoms with Gasteiger partial charge in [0.1, 0.15) is 11.6 Å². The predicted molar refractivity (Wildman–Crippen MR) is 126 cm³/mol. The van der Waals surface area contributed by atoms with Gasteiger partial charge in [0.05, 0.1) is 33.3 Å². The molecule has 9 heteroatoms. The Bertz CT molecular complexity index is 1350. The molecular formula is C26H22N2O7. The van der Waals surface area contributed by atoms with Gasteiger partial charge >= 0.3 is 5.97 Å². The standard InChI is InChI=1S/C26H22N2O7/c1-32-22-10-17(11-23(33-2)25(22)34-3)15-5-4-6-16(9-15)19(29)12-24-27-13-18(14-28-24)20-7-8-21(35-20)26(30)31/h4-11,13-14H,12H2,1-3H3,(H,30,31). The summed E-state index contributed by atoms with van der Waals surface area (Å²) in [5.74, 6) is 0.691. The molecule has 9 nitrogen and oxygen atoms in total. The van der Waals surface area contributed by atoms with Crippen LogP contribution in [0.5, 0.6) is 17.2 Å². The van der Waals surface area contributed by atoms with Gasteiger partial charge in [-0.05, 0) is 41.5 Å². The number of carbonyl (C=O) groups is 2. The van der Waals surface area contributed by atoms with Crippen molar-refractivity contribution < 1.29 is 33.3 Å². The summed E-state index contributed by atoms with van der Waals surface area (Å²) in [7, 11) is 4.63. The van der Waals surface area contributed by atoms with E-state index in [-0.39, 0.29) is 18.0 Å². The lowest BCUT2D eigenvalue weighted by atomic mass is 9.99. The molecule has 2 heterocycles. The van der Waals surface area contributed by atoms with Crippen LogP contribution in [0, 0.1) is 0 Å². The highest BCUT2D eigenvalue weighted by Crippen LogP contribution is 2.41. The van der Waals surface area contributed by atoms with E-state index in [9.17, 15) is 9.59 Å². The highest BCUT2D eigenvalue weighted by Gasteiger charge is 2.16. The van der Waals surface area contributed by atoms with Gasteiger partial charge in [-0.25, -0.2) is 14.8 Å². The molecule has 0 aliphatic carbocycles. The third-order valence-electron chi connectivity index (χ3n) is 5.31. The van der Waals surface area contributed by atoms with Crippen LogP contribution in [0.3, 0.4) is 0 Å². The first-order valence-corrected chi connectivity index (χ1v) is 10.5. The Labute approximate surface area is 200 Å². The Hall–Kier alpha value is -4.66. The minimum absolute atomic E-state index is 0.00246. The molecular weight excluding hydrogens is 452 g/mol. The molecule has 0 atom stereocenters. The van der Waals surface area contributed by atoms with Crippen LogP contribution in [0.25, 0.3) is 22.5 Å². The van der Waals surface area contributed by atoms with Crippen molar-refractivity contribution in [2.45, 2.75) is 6.42 Å². The van der Waals surface area contributed by atoms with Gasteiger partial charge in [0, 0.05) is 18.0 Å². The van der Waals surface area contributed by atoms with Crippen molar-refractivity contribution in [1.29, 1.82) is 0 Å². The van der Waals surface area contributed by atoms with Crippen molar-refractivity contribution in [3.05, 3.63) is 78.1 Å². The summed E-state index contributed by atoms with van der Waals surface area (Å²) in [6, 6.07) is 13.7. The van der Waals surface area contributed by atoms with E-state index in [4.69, 9.17) is 23.7 Å². The summed E-state index contributed by atoms with van der Waals surface area (Å²) in [5, 5.41) is 8.98. The van der Waals surface area contributed by atoms with Crippen LogP contribution in [0.1, 0.15) is 26.7 Å². The van der Waals surface area contributed by atoms with Crippen molar-refractivity contribution in [2.75, 3.05) is 21.3 Å². The van der Waals surface area contributed by atoms with E-state index in [1.54, 1.807) is 32.4 Å². The van der Waals surface area contributed by atoms with Gasteiger partial charge < -0.3 is 23.7 Å². The summed E-state index contributed by atoms with van der Waals surface area (Å²) in [4.78, 5) is 32.4. The second-order valence-corrected chi connectivity index (χ2v) is 7.45. The second-order valence-electron chi connectivity index (χ2n) is 7.45. The molecule has 0 spiro atoms. The van der Waals surface area contributed by atoms with Crippen LogP contribution in [0.4, 0.5) is 0 Å². The second kappa shape index (κ2) is 10.1. The molecule has 178 valence electrons. The SMILES string of the molecule is COc1cc(-c2cccc(C(=O)Cc3ncc(-c4ccc(C(=O)O)o4)cn3)c2)cc(OC)c1OC. The maximum Gasteiger partial charge on any atom is 0.371 e. The number of aromatic carboxylic acids is 1. The summed E-state index contributed by atoms with van der Waals surface area (Å²) in [6.45, 7) is 0. The van der Waals surface area contributed by atoms with Gasteiger partial charge in [0.2, 0.25) is 11.5 Å². The van der Waals surface area contributed by atoms with Gasteiger partial charge in [-0.2, -0.15) is 0 Å². The molecule has 4 aromatic rings. The number of methoxy groups -OCH3 is 3. The zero-order valence-electron chi connectivity index (χ0n) is 19.3. The minimum atomic E-state index is -1.16. The van der Waals surface area contributed by atoms with E-state index in [0.717, 1.165) is 11.1 Å². The Kier molecular flexibility index (Phi) is 6.77. The summed E-state index contributed by atoms with van der Waals surface area (Å²) in [6.07, 6.45) is 2.98. The Morgan fingerprint density at radius 3 is 2.11 bits per heavy atom. The lowest BCUT2D eigenvalue weighted by Crippen LogP contribution is -2.07. The first-order valence-electron chi connectivity index (χ1n) is 10.5. The van der Waals surface area contributed by atoms with E-state index >= 15 is 0 Å². The number of benzene rings is 2. The molecule has 2 aromatic carbocycles. The number of ketones is 1. The van der Waals surface area contributed by atoms with Crippen LogP contribution < -0.4 is 14.2 Å². The first kappa shape index (κ1) is 23.5. The normalized spacial score (nSPS) is 10.6. The van der Waals surface area contributed by atoms with E-state index in [1.807, 2.05) is 18.2 Å². The van der Waals surface area contributed by atoms with Gasteiger partial charge in [-0.15, -0.1) is 0 Å². The Morgan fingerprint density at radius 1 is 0.857 bits per heavy atom. The van der Waals surface area contributed by atoms with E-state index in [2.05, 4.69) is 9.97 Å². The lowest BCUT2D eigenvalue weighted by molar-refractivity contribution is 0.0663. The fourth-order valence-corrected chi connectivity index (χ4v) is 3.55. The maximum atomic E-state index is 12.9. The number of aromatic nitrogens is 2. The number of carboxylic acid groups (broad SMARTS) is 1. The monoisotopic (exact) mass is 474 g/mol. The molecule has 0 aliphatic heterocycles. The quantitative estimate of drug-likeness (QED) is 0.348. The highest BCUT2D eigenvalue weighted by atomic mass is 16.5. The van der Waals surface area contributed by atoms with Crippen LogP contribution >= 0.6 is 0 Å². The fraction of sp³-hybridized carbons (Fsp3) is 0.154. The zero-order chi connectivity index (χ0) is 24.9. The molecule has 2 aromatic heterocycles. The number of carbonyl (C=O) groups excluding carboxylic acids is 1. The average Bonchev–Trinajstić information content (AvgIpc) is 3.39. The number of rotatable bonds is 9. The zero-order valence-corrected chi connectivity index (χ0v) is 19.3. The van der Waals surface area contributed by atoms with Crippen LogP contribution in [-0.4, -0.2) is 48.2 Å². The topological polar surface area (TPSA) is 121 Å². The highest BCUT2D eigenvalue weighted by molar-refractivity contribution is 5.98. The lowest BCUT2D eigenvalue weighted by Gasteiger charge is -2.14. The molecule has 0 aliphatic rings. The predicted octanol–water partition coefficient (Wildman–Crippen LogP) is 4.55. The Morgan fingerprint density at radius 2 is 1.54 bits per heavy atom. The van der Waals surface area contributed by atoms with Gasteiger partial charge in [0.25, 0.3) is 0 Å². The number of Topliss-reactive ketones (excluding diaryl/α,β-unsaturated/α-hetero) is 1. The number of hydrogen-bond acceptors (Lipinski definition) is 8. The van der Waals surface area contributed by atoms with Crippen molar-refractivity contribution in [1.82, 2.24) is 9.97 Å². The molecule has 0 unspecified atom stereocenters. The number of ether oxygens (including phenoxy) is 3. The molecule has 0 saturated carbocycles. The minimum Gasteiger partial charge on any atom is -0.493 e. The van der Waals surface area contributed by atoms with E-state index in [1.165, 1.54) is 31.6 Å². The van der Waals surface area contributed by atoms with Crippen LogP contribution in [0.2, 0.25) is 0 Å². The fourth-order valence-electron chi connectivity index (χ4n) is 3.55. The van der Waals surface area contributed by atoms with Crippen LogP contribution in [0.15, 0.2) is 65.3 Å². The molecule has 1 N–H and O–H groups in total. The van der Waals surface area contributed by atoms with Crippen molar-refractivity contribution in [3.63, 3.8) is 0 Å². The summed E-state index contributed by atoms with van der Waals surface area (Å²) in [5.41, 5.74) is 2.62. The number of hydrogen-bond donors (Lipinski definition) is 1. The van der Waals surface area contributed by atoms with Gasteiger partial charge in [-0.3, -0.25) is 4.79 Å². The molecule has 0 saturated heterocycles. The Balaban J connectivity index is 1.54. The molecule has 0 radical (unpaired) electrons. The molecule has 0 bridgehead atoms. The van der Waals surface area contributed by atoms with Crippen LogP contribution in [-0.2, 0) is 6.42 Å². The van der Waals surface area contributed by atoms with Crippen molar-refractivity contribution >= 4 is 11.8 Å². The third-order valence-corrected chi connectivity index (χ3v) is 5.31.